The molecule has 9 heteroatoms. The molecule has 126 valence electrons. The minimum atomic E-state index is -3.57. The SMILES string of the molecule is CS(=O)(=O)N(CCS(=O)(=O)c1ccc(Cl)cc1)Cc1cccs1. The molecule has 2 rings (SSSR count). The molecule has 2 aromatic rings. The van der Waals surface area contributed by atoms with Crippen molar-refractivity contribution in [3.8, 4) is 0 Å². The minimum Gasteiger partial charge on any atom is -0.224 e. The van der Waals surface area contributed by atoms with Crippen molar-refractivity contribution in [3.63, 3.8) is 0 Å². The van der Waals surface area contributed by atoms with Gasteiger partial charge in [-0.25, -0.2) is 16.8 Å². The van der Waals surface area contributed by atoms with Crippen LogP contribution in [0.5, 0.6) is 0 Å². The molecule has 0 saturated carbocycles. The number of thiophene rings is 1. The van der Waals surface area contributed by atoms with Gasteiger partial charge in [0.2, 0.25) is 10.0 Å². The van der Waals surface area contributed by atoms with Gasteiger partial charge in [-0.1, -0.05) is 17.7 Å². The third-order valence-electron chi connectivity index (χ3n) is 3.16. The van der Waals surface area contributed by atoms with Crippen LogP contribution in [0.25, 0.3) is 0 Å². The molecule has 1 heterocycles. The Bertz CT molecular complexity index is 844. The van der Waals surface area contributed by atoms with Crippen LogP contribution < -0.4 is 0 Å². The van der Waals surface area contributed by atoms with Gasteiger partial charge in [-0.05, 0) is 35.7 Å². The molecule has 0 radical (unpaired) electrons. The van der Waals surface area contributed by atoms with Crippen molar-refractivity contribution in [1.29, 1.82) is 0 Å². The molecule has 5 nitrogen and oxygen atoms in total. The maximum Gasteiger partial charge on any atom is 0.211 e. The van der Waals surface area contributed by atoms with E-state index in [0.29, 0.717) is 5.02 Å². The Kier molecular flexibility index (Phi) is 5.85. The maximum atomic E-state index is 12.3. The fraction of sp³-hybridized carbons (Fsp3) is 0.286. The van der Waals surface area contributed by atoms with E-state index in [4.69, 9.17) is 11.6 Å². The van der Waals surface area contributed by atoms with E-state index in [2.05, 4.69) is 0 Å². The average Bonchev–Trinajstić information content (AvgIpc) is 2.95. The Balaban J connectivity index is 2.13. The first kappa shape index (κ1) is 18.4. The summed E-state index contributed by atoms with van der Waals surface area (Å²) < 4.78 is 49.6. The highest BCUT2D eigenvalue weighted by Crippen LogP contribution is 2.18. The van der Waals surface area contributed by atoms with Gasteiger partial charge in [-0.2, -0.15) is 4.31 Å². The number of halogens is 1. The van der Waals surface area contributed by atoms with Crippen LogP contribution in [0.1, 0.15) is 4.88 Å². The summed E-state index contributed by atoms with van der Waals surface area (Å²) in [5.74, 6) is -0.285. The van der Waals surface area contributed by atoms with Crippen molar-refractivity contribution < 1.29 is 16.8 Å². The van der Waals surface area contributed by atoms with Gasteiger partial charge in [0, 0.05) is 23.0 Å². The van der Waals surface area contributed by atoms with Gasteiger partial charge >= 0.3 is 0 Å². The third kappa shape index (κ3) is 5.29. The zero-order valence-corrected chi connectivity index (χ0v) is 15.6. The molecule has 0 bridgehead atoms. The molecule has 23 heavy (non-hydrogen) atoms. The summed E-state index contributed by atoms with van der Waals surface area (Å²) >= 11 is 7.18. The van der Waals surface area contributed by atoms with Crippen LogP contribution in [0, 0.1) is 0 Å². The van der Waals surface area contributed by atoms with Gasteiger partial charge in [-0.15, -0.1) is 11.3 Å². The maximum absolute atomic E-state index is 12.3. The van der Waals surface area contributed by atoms with Crippen molar-refractivity contribution in [2.24, 2.45) is 0 Å². The monoisotopic (exact) mass is 393 g/mol. The van der Waals surface area contributed by atoms with Gasteiger partial charge in [0.25, 0.3) is 0 Å². The smallest absolute Gasteiger partial charge is 0.211 e. The second-order valence-corrected chi connectivity index (χ2v) is 10.5. The number of rotatable bonds is 7. The number of nitrogens with zero attached hydrogens (tertiary/aromatic N) is 1. The second-order valence-electron chi connectivity index (χ2n) is 4.95. The number of hydrogen-bond acceptors (Lipinski definition) is 5. The summed E-state index contributed by atoms with van der Waals surface area (Å²) in [7, 11) is -7.07. The Morgan fingerprint density at radius 2 is 1.74 bits per heavy atom. The molecule has 0 aliphatic heterocycles. The quantitative estimate of drug-likeness (QED) is 0.724. The molecule has 0 aliphatic rings. The predicted octanol–water partition coefficient (Wildman–Crippen LogP) is 2.64. The average molecular weight is 394 g/mol. The van der Waals surface area contributed by atoms with E-state index in [1.54, 1.807) is 0 Å². The highest BCUT2D eigenvalue weighted by molar-refractivity contribution is 7.91. The standard InChI is InChI=1S/C14H16ClNO4S3/c1-22(17,18)16(11-13-3-2-9-21-13)8-10-23(19,20)14-6-4-12(15)5-7-14/h2-7,9H,8,10-11H2,1H3. The van der Waals surface area contributed by atoms with Crippen molar-refractivity contribution >= 4 is 42.8 Å². The number of sulfone groups is 1. The Hall–Kier alpha value is -0.930. The van der Waals surface area contributed by atoms with Crippen LogP contribution in [-0.4, -0.2) is 39.7 Å². The van der Waals surface area contributed by atoms with Crippen LogP contribution in [0.4, 0.5) is 0 Å². The summed E-state index contributed by atoms with van der Waals surface area (Å²) in [6.07, 6.45) is 1.08. The van der Waals surface area contributed by atoms with E-state index in [1.807, 2.05) is 17.5 Å². The molecule has 0 aliphatic carbocycles. The fourth-order valence-electron chi connectivity index (χ4n) is 1.92. The summed E-state index contributed by atoms with van der Waals surface area (Å²) in [6, 6.07) is 9.47. The minimum absolute atomic E-state index is 0.0955. The van der Waals surface area contributed by atoms with Gasteiger partial charge in [0.15, 0.2) is 9.84 Å². The van der Waals surface area contributed by atoms with E-state index in [1.165, 1.54) is 39.9 Å². The second kappa shape index (κ2) is 7.31. The lowest BCUT2D eigenvalue weighted by molar-refractivity contribution is 0.430. The van der Waals surface area contributed by atoms with Crippen LogP contribution in [0.3, 0.4) is 0 Å². The van der Waals surface area contributed by atoms with Gasteiger partial charge < -0.3 is 0 Å². The topological polar surface area (TPSA) is 71.5 Å². The van der Waals surface area contributed by atoms with Crippen molar-refractivity contribution in [3.05, 3.63) is 51.7 Å². The van der Waals surface area contributed by atoms with Crippen LogP contribution >= 0.6 is 22.9 Å². The number of sulfonamides is 1. The third-order valence-corrected chi connectivity index (χ3v) is 7.24. The highest BCUT2D eigenvalue weighted by Gasteiger charge is 2.22. The zero-order chi connectivity index (χ0) is 17.1. The first-order valence-electron chi connectivity index (χ1n) is 6.64. The molecule has 0 N–H and O–H groups in total. The molecule has 1 aromatic carbocycles. The molecule has 0 saturated heterocycles. The Morgan fingerprint density at radius 3 is 2.26 bits per heavy atom. The highest BCUT2D eigenvalue weighted by atomic mass is 35.5. The van der Waals surface area contributed by atoms with E-state index in [0.717, 1.165) is 11.1 Å². The first-order valence-corrected chi connectivity index (χ1v) is 11.4. The van der Waals surface area contributed by atoms with E-state index < -0.39 is 19.9 Å². The van der Waals surface area contributed by atoms with Crippen LogP contribution in [0.2, 0.25) is 5.02 Å². The number of benzene rings is 1. The molecule has 0 atom stereocenters. The van der Waals surface area contributed by atoms with Crippen molar-refractivity contribution in [1.82, 2.24) is 4.31 Å². The van der Waals surface area contributed by atoms with E-state index in [-0.39, 0.29) is 23.7 Å². The lowest BCUT2D eigenvalue weighted by Crippen LogP contribution is -2.33. The predicted molar refractivity (Wildman–Crippen MR) is 93.1 cm³/mol. The largest absolute Gasteiger partial charge is 0.224 e. The number of hydrogen-bond donors (Lipinski definition) is 0. The molecular formula is C14H16ClNO4S3. The summed E-state index contributed by atoms with van der Waals surface area (Å²) in [6.45, 7) is 0.0777. The van der Waals surface area contributed by atoms with Crippen LogP contribution in [-0.2, 0) is 26.4 Å². The molecule has 0 amide bonds. The fourth-order valence-corrected chi connectivity index (χ4v) is 5.01. The molecule has 0 fully saturated rings. The summed E-state index contributed by atoms with van der Waals surface area (Å²) in [5.41, 5.74) is 0. The Morgan fingerprint density at radius 1 is 1.09 bits per heavy atom. The molecular weight excluding hydrogens is 378 g/mol. The van der Waals surface area contributed by atoms with Crippen molar-refractivity contribution in [2.45, 2.75) is 11.4 Å². The van der Waals surface area contributed by atoms with E-state index in [9.17, 15) is 16.8 Å². The van der Waals surface area contributed by atoms with Crippen LogP contribution in [0.15, 0.2) is 46.7 Å². The first-order chi connectivity index (χ1) is 10.7. The molecule has 1 aromatic heterocycles. The van der Waals surface area contributed by atoms with Gasteiger partial charge in [0.1, 0.15) is 0 Å². The normalized spacial score (nSPS) is 12.7. The molecule has 0 spiro atoms. The zero-order valence-electron chi connectivity index (χ0n) is 12.3. The lowest BCUT2D eigenvalue weighted by atomic mass is 10.4. The molecule has 0 unspecified atom stereocenters. The van der Waals surface area contributed by atoms with E-state index >= 15 is 0 Å². The summed E-state index contributed by atoms with van der Waals surface area (Å²) in [5, 5.41) is 2.29. The Labute approximate surface area is 145 Å². The van der Waals surface area contributed by atoms with Crippen molar-refractivity contribution in [2.75, 3.05) is 18.6 Å². The van der Waals surface area contributed by atoms with Gasteiger partial charge in [0.05, 0.1) is 16.9 Å². The lowest BCUT2D eigenvalue weighted by Gasteiger charge is -2.19. The van der Waals surface area contributed by atoms with Gasteiger partial charge in [-0.3, -0.25) is 0 Å². The summed E-state index contributed by atoms with van der Waals surface area (Å²) in [4.78, 5) is 0.991.